The highest BCUT2D eigenvalue weighted by atomic mass is 16.5. The van der Waals surface area contributed by atoms with Crippen molar-refractivity contribution in [3.8, 4) is 0 Å². The number of hydrogen-bond acceptors (Lipinski definition) is 2. The fourth-order valence-corrected chi connectivity index (χ4v) is 3.20. The summed E-state index contributed by atoms with van der Waals surface area (Å²) in [7, 11) is 1.82. The van der Waals surface area contributed by atoms with E-state index in [9.17, 15) is 0 Å². The molecule has 2 nitrogen and oxygen atoms in total. The Kier molecular flexibility index (Phi) is 2.53. The summed E-state index contributed by atoms with van der Waals surface area (Å²) in [6.07, 6.45) is 5.05. The maximum absolute atomic E-state index is 5.71. The van der Waals surface area contributed by atoms with Crippen molar-refractivity contribution >= 4 is 11.0 Å². The van der Waals surface area contributed by atoms with Gasteiger partial charge in [0, 0.05) is 18.9 Å². The van der Waals surface area contributed by atoms with Crippen molar-refractivity contribution < 1.29 is 9.15 Å². The molecule has 0 bridgehead atoms. The van der Waals surface area contributed by atoms with Crippen molar-refractivity contribution in [2.75, 3.05) is 7.11 Å². The number of ether oxygens (including phenoxy) is 1. The summed E-state index contributed by atoms with van der Waals surface area (Å²) in [6.45, 7) is 6.52. The lowest BCUT2D eigenvalue weighted by molar-refractivity contribution is -0.00469. The van der Waals surface area contributed by atoms with Gasteiger partial charge >= 0.3 is 0 Å². The number of aryl methyl sites for hydroxylation is 2. The summed E-state index contributed by atoms with van der Waals surface area (Å²) >= 11 is 0. The Morgan fingerprint density at radius 3 is 2.72 bits per heavy atom. The molecular weight excluding hydrogens is 224 g/mol. The first-order chi connectivity index (χ1) is 8.54. The Bertz CT molecular complexity index is 609. The van der Waals surface area contributed by atoms with Crippen molar-refractivity contribution in [1.29, 1.82) is 0 Å². The zero-order valence-electron chi connectivity index (χ0n) is 11.6. The van der Waals surface area contributed by atoms with E-state index in [2.05, 4.69) is 26.8 Å². The van der Waals surface area contributed by atoms with Crippen molar-refractivity contribution in [2.24, 2.45) is 0 Å². The first-order valence-electron chi connectivity index (χ1n) is 6.58. The average Bonchev–Trinajstić information content (AvgIpc) is 2.71. The van der Waals surface area contributed by atoms with Crippen LogP contribution in [0.15, 0.2) is 16.7 Å². The van der Waals surface area contributed by atoms with E-state index >= 15 is 0 Å². The summed E-state index contributed by atoms with van der Waals surface area (Å²) in [5, 5.41) is 1.30. The van der Waals surface area contributed by atoms with Crippen LogP contribution in [0.25, 0.3) is 11.0 Å². The van der Waals surface area contributed by atoms with Crippen LogP contribution in [0.1, 0.15) is 35.6 Å². The van der Waals surface area contributed by atoms with Gasteiger partial charge in [0.05, 0.1) is 11.9 Å². The van der Waals surface area contributed by atoms with Gasteiger partial charge in [-0.3, -0.25) is 0 Å². The highest BCUT2D eigenvalue weighted by Gasteiger charge is 2.32. The van der Waals surface area contributed by atoms with Crippen LogP contribution in [0.4, 0.5) is 0 Å². The smallest absolute Gasteiger partial charge is 0.134 e. The number of fused-ring (bicyclic) bond motifs is 3. The van der Waals surface area contributed by atoms with E-state index in [1.54, 1.807) is 0 Å². The predicted molar refractivity (Wildman–Crippen MR) is 73.1 cm³/mol. The topological polar surface area (TPSA) is 22.4 Å². The molecule has 2 heteroatoms. The molecule has 0 fully saturated rings. The fourth-order valence-electron chi connectivity index (χ4n) is 3.20. The highest BCUT2D eigenvalue weighted by molar-refractivity contribution is 5.87. The zero-order valence-corrected chi connectivity index (χ0v) is 11.6. The van der Waals surface area contributed by atoms with E-state index in [0.717, 1.165) is 24.8 Å². The predicted octanol–water partition coefficient (Wildman–Crippen LogP) is 3.94. The largest absolute Gasteiger partial charge is 0.464 e. The maximum Gasteiger partial charge on any atom is 0.134 e. The van der Waals surface area contributed by atoms with Crippen LogP contribution >= 0.6 is 0 Å². The second-order valence-electron chi connectivity index (χ2n) is 5.77. The molecule has 1 aromatic heterocycles. The molecule has 0 N–H and O–H groups in total. The van der Waals surface area contributed by atoms with E-state index in [4.69, 9.17) is 9.15 Å². The third-order valence-corrected chi connectivity index (χ3v) is 4.44. The number of methoxy groups -OCH3 is 1. The first-order valence-corrected chi connectivity index (χ1v) is 6.58. The summed E-state index contributed by atoms with van der Waals surface area (Å²) in [5.41, 5.74) is 6.52. The Morgan fingerprint density at radius 2 is 2.00 bits per heavy atom. The van der Waals surface area contributed by atoms with Crippen LogP contribution in [0.2, 0.25) is 0 Å². The summed E-state index contributed by atoms with van der Waals surface area (Å²) in [5.74, 6) is 0. The average molecular weight is 244 g/mol. The lowest BCUT2D eigenvalue weighted by atomic mass is 9.78. The summed E-state index contributed by atoms with van der Waals surface area (Å²) in [6, 6.07) is 2.18. The van der Waals surface area contributed by atoms with E-state index in [0.29, 0.717) is 0 Å². The molecule has 0 saturated carbocycles. The van der Waals surface area contributed by atoms with Gasteiger partial charge in [-0.1, -0.05) is 0 Å². The molecule has 1 aliphatic carbocycles. The van der Waals surface area contributed by atoms with Gasteiger partial charge in [0.2, 0.25) is 0 Å². The quantitative estimate of drug-likeness (QED) is 0.758. The second kappa shape index (κ2) is 3.86. The molecule has 1 aliphatic rings. The fraction of sp³-hybridized carbons (Fsp3) is 0.500. The SMILES string of the molecule is CO[C@@]1(C)CCc2c(C)cc3occ(C)c3c2C1. The van der Waals surface area contributed by atoms with E-state index in [1.165, 1.54) is 27.6 Å². The molecular formula is C16H20O2. The molecule has 1 heterocycles. The van der Waals surface area contributed by atoms with Gasteiger partial charge < -0.3 is 9.15 Å². The molecule has 2 aromatic rings. The van der Waals surface area contributed by atoms with Gasteiger partial charge in [0.25, 0.3) is 0 Å². The second-order valence-corrected chi connectivity index (χ2v) is 5.77. The Labute approximate surface area is 108 Å². The maximum atomic E-state index is 5.71. The number of benzene rings is 1. The van der Waals surface area contributed by atoms with Gasteiger partial charge in [-0.05, 0) is 61.9 Å². The van der Waals surface area contributed by atoms with E-state index in [-0.39, 0.29) is 5.60 Å². The van der Waals surface area contributed by atoms with Crippen molar-refractivity contribution in [3.63, 3.8) is 0 Å². The van der Waals surface area contributed by atoms with Gasteiger partial charge in [0.15, 0.2) is 0 Å². The number of furan rings is 1. The normalized spacial score (nSPS) is 23.3. The molecule has 0 amide bonds. The van der Waals surface area contributed by atoms with Crippen molar-refractivity contribution in [2.45, 2.75) is 45.6 Å². The third kappa shape index (κ3) is 1.59. The standard InChI is InChI=1S/C16H20O2/c1-10-7-14-15(11(2)9-18-14)13-8-16(3,17-4)6-5-12(10)13/h7,9H,5-6,8H2,1-4H3/t16-/m0/s1. The molecule has 0 aliphatic heterocycles. The monoisotopic (exact) mass is 244 g/mol. The summed E-state index contributed by atoms with van der Waals surface area (Å²) < 4.78 is 11.4. The van der Waals surface area contributed by atoms with Gasteiger partial charge in [-0.2, -0.15) is 0 Å². The van der Waals surface area contributed by atoms with E-state index < -0.39 is 0 Å². The minimum Gasteiger partial charge on any atom is -0.464 e. The van der Waals surface area contributed by atoms with Gasteiger partial charge in [-0.15, -0.1) is 0 Å². The molecule has 18 heavy (non-hydrogen) atoms. The van der Waals surface area contributed by atoms with Crippen molar-refractivity contribution in [1.82, 2.24) is 0 Å². The van der Waals surface area contributed by atoms with Crippen LogP contribution in [0.3, 0.4) is 0 Å². The van der Waals surface area contributed by atoms with Crippen LogP contribution < -0.4 is 0 Å². The van der Waals surface area contributed by atoms with Crippen LogP contribution in [-0.2, 0) is 17.6 Å². The van der Waals surface area contributed by atoms with Crippen LogP contribution in [-0.4, -0.2) is 12.7 Å². The van der Waals surface area contributed by atoms with E-state index in [1.807, 2.05) is 13.4 Å². The number of hydrogen-bond donors (Lipinski definition) is 0. The Balaban J connectivity index is 2.27. The molecule has 0 unspecified atom stereocenters. The Hall–Kier alpha value is -1.28. The molecule has 96 valence electrons. The zero-order chi connectivity index (χ0) is 12.9. The molecule has 3 rings (SSSR count). The minimum absolute atomic E-state index is 0.0303. The minimum atomic E-state index is -0.0303. The first kappa shape index (κ1) is 11.8. The van der Waals surface area contributed by atoms with Crippen LogP contribution in [0, 0.1) is 13.8 Å². The third-order valence-electron chi connectivity index (χ3n) is 4.44. The number of rotatable bonds is 1. The van der Waals surface area contributed by atoms with Crippen LogP contribution in [0.5, 0.6) is 0 Å². The van der Waals surface area contributed by atoms with Crippen molar-refractivity contribution in [3.05, 3.63) is 34.6 Å². The molecule has 1 aromatic carbocycles. The molecule has 0 radical (unpaired) electrons. The molecule has 1 atom stereocenters. The lowest BCUT2D eigenvalue weighted by Crippen LogP contribution is -2.35. The lowest BCUT2D eigenvalue weighted by Gasteiger charge is -2.34. The highest BCUT2D eigenvalue weighted by Crippen LogP contribution is 2.38. The van der Waals surface area contributed by atoms with Gasteiger partial charge in [-0.25, -0.2) is 0 Å². The molecule has 0 saturated heterocycles. The van der Waals surface area contributed by atoms with Gasteiger partial charge in [0.1, 0.15) is 5.58 Å². The summed E-state index contributed by atoms with van der Waals surface area (Å²) in [4.78, 5) is 0. The molecule has 0 spiro atoms. The Morgan fingerprint density at radius 1 is 1.22 bits per heavy atom.